The first-order valence-electron chi connectivity index (χ1n) is 45.1. The van der Waals surface area contributed by atoms with Gasteiger partial charge in [-0.25, -0.2) is 19.9 Å². The molecule has 9 aromatic heterocycles. The number of hydrogen-bond donors (Lipinski definition) is 3. The summed E-state index contributed by atoms with van der Waals surface area (Å²) >= 11 is 0. The van der Waals surface area contributed by atoms with Crippen LogP contribution in [0.15, 0.2) is 238 Å². The minimum Gasteiger partial charge on any atom is -0.497 e. The molecule has 1 unspecified atom stereocenters. The van der Waals surface area contributed by atoms with Crippen molar-refractivity contribution >= 4 is 101 Å². The Balaban J connectivity index is 0.000000133. The van der Waals surface area contributed by atoms with Gasteiger partial charge < -0.3 is 77.8 Å². The molecule has 138 heavy (non-hydrogen) atoms. The number of aliphatic hydroxyl groups excluding tert-OH is 2. The lowest BCUT2D eigenvalue weighted by Gasteiger charge is -2.29. The van der Waals surface area contributed by atoms with Gasteiger partial charge in [-0.05, 0) is 149 Å². The molecule has 19 rings (SSSR count). The van der Waals surface area contributed by atoms with Gasteiger partial charge in [-0.2, -0.15) is 20.4 Å². The summed E-state index contributed by atoms with van der Waals surface area (Å²) < 4.78 is 47.8. The van der Waals surface area contributed by atoms with Crippen molar-refractivity contribution in [3.05, 3.63) is 244 Å². The van der Waals surface area contributed by atoms with Crippen molar-refractivity contribution in [3.8, 4) is 79.5 Å². The maximum atomic E-state index is 12.3. The Labute approximate surface area is 798 Å². The van der Waals surface area contributed by atoms with Gasteiger partial charge in [0.1, 0.15) is 47.2 Å². The number of methoxy groups -OCH3 is 6. The van der Waals surface area contributed by atoms with Gasteiger partial charge in [-0.3, -0.25) is 48.5 Å². The van der Waals surface area contributed by atoms with Crippen LogP contribution in [0.4, 0.5) is 45.5 Å². The zero-order valence-electron chi connectivity index (χ0n) is 79.9. The quantitative estimate of drug-likeness (QED) is 0.0344. The van der Waals surface area contributed by atoms with E-state index in [1.54, 1.807) is 134 Å². The van der Waals surface area contributed by atoms with E-state index in [0.29, 0.717) is 83.1 Å². The normalized spacial score (nSPS) is 12.8. The standard InChI is InChI=1S/C28H33N7O2.C26H29N5O2.C24H24N8O2.C24H26N6O4/c1-19-32-28(2,3)18-34(19)9-10-35(22-11-23(36-5)14-24(12-22)37-6)21-7-8-25-26(13-21)31-27(16-29-25)20-15-30-33(4)17-20;1-4-33-17-19-9-22(11-23(10-19)32-3)31(15-18-5-6-18)21-7-8-24-25(12-21)29-26(14-27-24)20-13-28-30(2)16-20;1-30-14-17(12-28-30)24-13-25-22-5-4-18(10-23(22)29-24)32(7-6-31-15-26-27-16-31)19-8-20(33-2)11-21(9-19)34-3;1-25-24(33)15-6-18(8-20(7-15)34-3)30(13-19(32)14-31)17-4-5-21-22(9-17)28-23(11-26-21)16-10-27-29(2)12-16/h7-8,11-17H,9-10,18H2,1-6H3;7-14,16,18H,4-6,15,17H2,1-3H3;4-5,8-16H,6-7H2,1-3H3;4-12,19,31-32H,13-14H2,1-3H3,(H,25,33). The number of aryl methyl sites for hydroxylation is 4. The van der Waals surface area contributed by atoms with Crippen molar-refractivity contribution in [2.75, 3.05) is 122 Å². The number of anilines is 8. The van der Waals surface area contributed by atoms with E-state index < -0.39 is 12.7 Å². The van der Waals surface area contributed by atoms with Gasteiger partial charge in [-0.1, -0.05) is 0 Å². The third kappa shape index (κ3) is 23.3. The first-order valence-corrected chi connectivity index (χ1v) is 45.1. The Morgan fingerprint density at radius 1 is 0.457 bits per heavy atom. The molecule has 1 saturated carbocycles. The lowest BCUT2D eigenvalue weighted by atomic mass is 10.1. The van der Waals surface area contributed by atoms with Gasteiger partial charge in [0.05, 0.1) is 196 Å². The van der Waals surface area contributed by atoms with Crippen LogP contribution in [0.1, 0.15) is 56.5 Å². The topological polar surface area (TPSA) is 368 Å². The number of carbonyl (C=O) groups excluding carboxylic acids is 1. The molecule has 2 aliphatic rings. The molecule has 3 N–H and O–H groups in total. The predicted molar refractivity (Wildman–Crippen MR) is 533 cm³/mol. The molecule has 1 atom stereocenters. The molecule has 17 aromatic rings. The van der Waals surface area contributed by atoms with Crippen LogP contribution in [-0.4, -0.2) is 234 Å². The molecule has 10 heterocycles. The summed E-state index contributed by atoms with van der Waals surface area (Å²) in [6.07, 6.45) is 26.8. The number of benzene rings is 8. The third-order valence-corrected chi connectivity index (χ3v) is 23.4. The zero-order valence-corrected chi connectivity index (χ0v) is 79.9. The molecule has 1 amide bonds. The van der Waals surface area contributed by atoms with Crippen molar-refractivity contribution in [3.63, 3.8) is 0 Å². The maximum Gasteiger partial charge on any atom is 0.251 e. The summed E-state index contributed by atoms with van der Waals surface area (Å²) in [6, 6.07) is 47.3. The Morgan fingerprint density at radius 2 is 0.826 bits per heavy atom. The summed E-state index contributed by atoms with van der Waals surface area (Å²) in [6.45, 7) is 14.1. The van der Waals surface area contributed by atoms with E-state index >= 15 is 0 Å². The van der Waals surface area contributed by atoms with Crippen LogP contribution in [0.3, 0.4) is 0 Å². The van der Waals surface area contributed by atoms with Gasteiger partial charge in [-0.15, -0.1) is 10.2 Å². The highest BCUT2D eigenvalue weighted by Crippen LogP contribution is 2.42. The van der Waals surface area contributed by atoms with E-state index in [4.69, 9.17) is 58.1 Å². The van der Waals surface area contributed by atoms with Crippen LogP contribution < -0.4 is 53.3 Å². The molecule has 710 valence electrons. The fourth-order valence-corrected chi connectivity index (χ4v) is 16.2. The number of amides is 1. The minimum absolute atomic E-state index is 0.0741. The van der Waals surface area contributed by atoms with E-state index in [1.807, 2.05) is 168 Å². The molecule has 1 aliphatic carbocycles. The van der Waals surface area contributed by atoms with Crippen molar-refractivity contribution in [2.24, 2.45) is 39.1 Å². The number of amidine groups is 1. The molecule has 36 heteroatoms. The first-order chi connectivity index (χ1) is 66.9. The summed E-state index contributed by atoms with van der Waals surface area (Å²) in [5.74, 6) is 5.72. The lowest BCUT2D eigenvalue weighted by molar-refractivity contribution is 0.0962. The van der Waals surface area contributed by atoms with Crippen molar-refractivity contribution in [1.29, 1.82) is 0 Å². The second-order valence-corrected chi connectivity index (χ2v) is 34.0. The molecule has 0 saturated heterocycles. The van der Waals surface area contributed by atoms with E-state index in [0.717, 1.165) is 161 Å². The molecular weight excluding hydrogens is 1750 g/mol. The number of aliphatic imine (C=N–C) groups is 1. The van der Waals surface area contributed by atoms with Crippen LogP contribution in [0.2, 0.25) is 0 Å². The summed E-state index contributed by atoms with van der Waals surface area (Å²) in [5, 5.41) is 47.2. The third-order valence-electron chi connectivity index (χ3n) is 23.4. The smallest absolute Gasteiger partial charge is 0.251 e. The van der Waals surface area contributed by atoms with Crippen LogP contribution in [0.5, 0.6) is 34.5 Å². The average Bonchev–Trinajstić information content (AvgIpc) is 1.09. The molecule has 36 nitrogen and oxygen atoms in total. The summed E-state index contributed by atoms with van der Waals surface area (Å²) in [5.41, 5.74) is 21.9. The number of hydrogen-bond acceptors (Lipinski definition) is 30. The average molecular weight is 1860 g/mol. The largest absolute Gasteiger partial charge is 0.497 e. The number of carbonyl (C=O) groups is 1. The molecule has 0 radical (unpaired) electrons. The predicted octanol–water partition coefficient (Wildman–Crippen LogP) is 15.2. The number of aliphatic hydroxyl groups is 2. The van der Waals surface area contributed by atoms with Crippen molar-refractivity contribution in [2.45, 2.75) is 65.3 Å². The minimum atomic E-state index is -1.02. The van der Waals surface area contributed by atoms with Crippen molar-refractivity contribution in [1.82, 2.24) is 104 Å². The van der Waals surface area contributed by atoms with E-state index in [-0.39, 0.29) is 18.0 Å². The van der Waals surface area contributed by atoms with Crippen LogP contribution >= 0.6 is 0 Å². The van der Waals surface area contributed by atoms with Gasteiger partial charge in [0, 0.05) is 228 Å². The van der Waals surface area contributed by atoms with Gasteiger partial charge >= 0.3 is 0 Å². The number of aromatic nitrogens is 19. The fourth-order valence-electron chi connectivity index (χ4n) is 16.2. The number of ether oxygens (including phenoxy) is 7. The first kappa shape index (κ1) is 95.1. The molecular formula is C102H112N26O10. The van der Waals surface area contributed by atoms with Crippen LogP contribution in [0, 0.1) is 5.92 Å². The van der Waals surface area contributed by atoms with Crippen molar-refractivity contribution < 1.29 is 48.2 Å². The molecule has 8 aromatic carbocycles. The monoisotopic (exact) mass is 1860 g/mol. The number of fused-ring (bicyclic) bond motifs is 4. The summed E-state index contributed by atoms with van der Waals surface area (Å²) in [7, 11) is 18.9. The van der Waals surface area contributed by atoms with Gasteiger partial charge in [0.25, 0.3) is 5.91 Å². The molecule has 0 bridgehead atoms. The Morgan fingerprint density at radius 3 is 1.18 bits per heavy atom. The van der Waals surface area contributed by atoms with Crippen LogP contribution in [-0.2, 0) is 46.1 Å². The van der Waals surface area contributed by atoms with E-state index in [1.165, 1.54) is 20.0 Å². The van der Waals surface area contributed by atoms with E-state index in [9.17, 15) is 15.0 Å². The number of nitrogens with zero attached hydrogens (tertiary/aromatic N) is 25. The second-order valence-electron chi connectivity index (χ2n) is 34.0. The SMILES string of the molecule is CCOCc1cc(OC)cc(N(CC2CC2)c2ccc3ncc(-c4cnn(C)c4)nc3c2)c1.CNC(=O)c1cc(OC)cc(N(CC(O)CO)c2ccc3ncc(-c4cnn(C)c4)nc3c2)c1.COc1cc(OC)cc(N(CCN2CC(C)(C)N=C2C)c2ccc3ncc(-c4cnn(C)c4)nc3c2)c1.COc1cc(OC)cc(N(CCn2cnnc2)c2ccc3ncc(-c4cnn(C)c4)nc3c2)c1. The second kappa shape index (κ2) is 43.1. The highest BCUT2D eigenvalue weighted by atomic mass is 16.5. The number of nitrogens with one attached hydrogen (secondary N) is 1. The Bertz CT molecular complexity index is 7090. The summed E-state index contributed by atoms with van der Waals surface area (Å²) in [4.78, 5) is 65.9. The Hall–Kier alpha value is -16.1. The lowest BCUT2D eigenvalue weighted by Crippen LogP contribution is -2.37. The van der Waals surface area contributed by atoms with E-state index in [2.05, 4.69) is 133 Å². The Kier molecular flexibility index (Phi) is 29.7. The molecule has 1 aliphatic heterocycles. The molecule has 0 spiro atoms. The highest BCUT2D eigenvalue weighted by Gasteiger charge is 2.31. The van der Waals surface area contributed by atoms with Gasteiger partial charge in [0.15, 0.2) is 0 Å². The fraction of sp³-hybridized carbons (Fsp3) is 0.294. The number of rotatable bonds is 33. The molecule has 1 fully saturated rings. The van der Waals surface area contributed by atoms with Gasteiger partial charge in [0.2, 0.25) is 0 Å². The maximum absolute atomic E-state index is 12.3. The highest BCUT2D eigenvalue weighted by molar-refractivity contribution is 5.96. The van der Waals surface area contributed by atoms with Crippen LogP contribution in [0.25, 0.3) is 89.2 Å². The zero-order chi connectivity index (χ0) is 96.7.